The van der Waals surface area contributed by atoms with Crippen LogP contribution in [0, 0.1) is 6.92 Å². The maximum atomic E-state index is 12.1. The molecule has 0 aliphatic carbocycles. The minimum atomic E-state index is -0.0474. The lowest BCUT2D eigenvalue weighted by molar-refractivity contribution is -0.132. The molecular formula is C13H20N2OS. The topological polar surface area (TPSA) is 46.3 Å². The van der Waals surface area contributed by atoms with Gasteiger partial charge < -0.3 is 10.6 Å². The molecule has 4 heteroatoms. The smallest absolute Gasteiger partial charge is 0.224 e. The second-order valence-corrected chi connectivity index (χ2v) is 6.19. The van der Waals surface area contributed by atoms with E-state index in [-0.39, 0.29) is 11.9 Å². The van der Waals surface area contributed by atoms with Gasteiger partial charge in [0.1, 0.15) is 0 Å². The van der Waals surface area contributed by atoms with Crippen LogP contribution in [0.2, 0.25) is 0 Å². The van der Waals surface area contributed by atoms with Crippen LogP contribution in [0.4, 0.5) is 0 Å². The second kappa shape index (κ2) is 5.19. The van der Waals surface area contributed by atoms with Gasteiger partial charge in [-0.2, -0.15) is 0 Å². The van der Waals surface area contributed by atoms with Crippen LogP contribution in [-0.2, 0) is 4.79 Å². The number of nitrogens with zero attached hydrogens (tertiary/aromatic N) is 1. The number of carbonyl (C=O) groups is 1. The fourth-order valence-corrected chi connectivity index (χ4v) is 3.41. The van der Waals surface area contributed by atoms with Crippen molar-refractivity contribution >= 4 is 17.2 Å². The second-order valence-electron chi connectivity index (χ2n) is 4.87. The molecule has 2 atom stereocenters. The lowest BCUT2D eigenvalue weighted by atomic mass is 10.1. The molecule has 2 unspecified atom stereocenters. The molecular weight excluding hydrogens is 232 g/mol. The Labute approximate surface area is 107 Å². The van der Waals surface area contributed by atoms with Crippen molar-refractivity contribution in [1.29, 1.82) is 0 Å². The summed E-state index contributed by atoms with van der Waals surface area (Å²) in [5, 5.41) is 0. The molecule has 3 nitrogen and oxygen atoms in total. The SMILES string of the molecule is Cc1ccc(C2CCCN2C(=O)CC(C)N)s1. The van der Waals surface area contributed by atoms with Crippen molar-refractivity contribution < 1.29 is 4.79 Å². The van der Waals surface area contributed by atoms with E-state index in [4.69, 9.17) is 5.73 Å². The van der Waals surface area contributed by atoms with E-state index >= 15 is 0 Å². The lowest BCUT2D eigenvalue weighted by Gasteiger charge is -2.24. The van der Waals surface area contributed by atoms with E-state index in [9.17, 15) is 4.79 Å². The van der Waals surface area contributed by atoms with Crippen molar-refractivity contribution in [2.45, 2.75) is 45.2 Å². The van der Waals surface area contributed by atoms with Gasteiger partial charge in [0, 0.05) is 28.8 Å². The van der Waals surface area contributed by atoms with Crippen molar-refractivity contribution in [3.63, 3.8) is 0 Å². The Kier molecular flexibility index (Phi) is 3.84. The summed E-state index contributed by atoms with van der Waals surface area (Å²) in [4.78, 5) is 16.7. The highest BCUT2D eigenvalue weighted by Crippen LogP contribution is 2.36. The van der Waals surface area contributed by atoms with E-state index in [0.29, 0.717) is 12.5 Å². The number of aryl methyl sites for hydroxylation is 1. The van der Waals surface area contributed by atoms with Gasteiger partial charge in [0.25, 0.3) is 0 Å². The van der Waals surface area contributed by atoms with Crippen LogP contribution in [-0.4, -0.2) is 23.4 Å². The quantitative estimate of drug-likeness (QED) is 0.898. The Morgan fingerprint density at radius 2 is 2.41 bits per heavy atom. The monoisotopic (exact) mass is 252 g/mol. The molecule has 1 fully saturated rings. The summed E-state index contributed by atoms with van der Waals surface area (Å²) in [6, 6.07) is 4.53. The molecule has 17 heavy (non-hydrogen) atoms. The summed E-state index contributed by atoms with van der Waals surface area (Å²) in [6.07, 6.45) is 2.65. The zero-order chi connectivity index (χ0) is 12.4. The van der Waals surface area contributed by atoms with Crippen LogP contribution in [0.3, 0.4) is 0 Å². The van der Waals surface area contributed by atoms with Crippen molar-refractivity contribution in [2.24, 2.45) is 5.73 Å². The van der Waals surface area contributed by atoms with Gasteiger partial charge in [-0.25, -0.2) is 0 Å². The third-order valence-electron chi connectivity index (χ3n) is 3.16. The molecule has 0 saturated carbocycles. The van der Waals surface area contributed by atoms with E-state index in [2.05, 4.69) is 19.1 Å². The van der Waals surface area contributed by atoms with E-state index < -0.39 is 0 Å². The number of rotatable bonds is 3. The predicted octanol–water partition coefficient (Wildman–Crippen LogP) is 2.46. The maximum absolute atomic E-state index is 12.1. The van der Waals surface area contributed by atoms with Gasteiger partial charge in [-0.3, -0.25) is 4.79 Å². The predicted molar refractivity (Wildman–Crippen MR) is 71.0 cm³/mol. The molecule has 1 aromatic heterocycles. The Morgan fingerprint density at radius 1 is 1.65 bits per heavy atom. The molecule has 2 N–H and O–H groups in total. The molecule has 1 amide bonds. The molecule has 1 saturated heterocycles. The van der Waals surface area contributed by atoms with Gasteiger partial charge in [0.2, 0.25) is 5.91 Å². The van der Waals surface area contributed by atoms with Gasteiger partial charge in [0.05, 0.1) is 6.04 Å². The van der Waals surface area contributed by atoms with E-state index in [1.807, 2.05) is 11.8 Å². The number of carbonyl (C=O) groups excluding carboxylic acids is 1. The fourth-order valence-electron chi connectivity index (χ4n) is 2.39. The zero-order valence-electron chi connectivity index (χ0n) is 10.5. The number of thiophene rings is 1. The van der Waals surface area contributed by atoms with Crippen molar-refractivity contribution in [3.8, 4) is 0 Å². The normalized spacial score (nSPS) is 21.8. The molecule has 2 heterocycles. The highest BCUT2D eigenvalue weighted by Gasteiger charge is 2.30. The Hall–Kier alpha value is -0.870. The van der Waals surface area contributed by atoms with Gasteiger partial charge in [-0.15, -0.1) is 11.3 Å². The number of hydrogen-bond acceptors (Lipinski definition) is 3. The number of hydrogen-bond donors (Lipinski definition) is 1. The summed E-state index contributed by atoms with van der Waals surface area (Å²) in [6.45, 7) is 4.88. The molecule has 2 rings (SSSR count). The highest BCUT2D eigenvalue weighted by molar-refractivity contribution is 7.12. The lowest BCUT2D eigenvalue weighted by Crippen LogP contribution is -2.34. The van der Waals surface area contributed by atoms with E-state index in [1.54, 1.807) is 11.3 Å². The summed E-state index contributed by atoms with van der Waals surface area (Å²) in [5.41, 5.74) is 5.70. The van der Waals surface area contributed by atoms with Crippen LogP contribution in [0.15, 0.2) is 12.1 Å². The largest absolute Gasteiger partial charge is 0.335 e. The zero-order valence-corrected chi connectivity index (χ0v) is 11.3. The molecule has 0 spiro atoms. The minimum Gasteiger partial charge on any atom is -0.335 e. The summed E-state index contributed by atoms with van der Waals surface area (Å²) in [5.74, 6) is 0.202. The standard InChI is InChI=1S/C13H20N2OS/c1-9(14)8-13(16)15-7-3-4-11(15)12-6-5-10(2)17-12/h5-6,9,11H,3-4,7-8,14H2,1-2H3. The first-order valence-electron chi connectivity index (χ1n) is 6.19. The van der Waals surface area contributed by atoms with Crippen molar-refractivity contribution in [2.75, 3.05) is 6.54 Å². The van der Waals surface area contributed by atoms with Gasteiger partial charge >= 0.3 is 0 Å². The fraction of sp³-hybridized carbons (Fsp3) is 0.615. The molecule has 1 aliphatic heterocycles. The Morgan fingerprint density at radius 3 is 3.00 bits per heavy atom. The van der Waals surface area contributed by atoms with Gasteiger partial charge in [-0.1, -0.05) is 0 Å². The average molecular weight is 252 g/mol. The molecule has 0 radical (unpaired) electrons. The van der Waals surface area contributed by atoms with Crippen LogP contribution in [0.5, 0.6) is 0 Å². The minimum absolute atomic E-state index is 0.0474. The van der Waals surface area contributed by atoms with Crippen LogP contribution in [0.1, 0.15) is 42.0 Å². The first kappa shape index (κ1) is 12.6. The van der Waals surface area contributed by atoms with Crippen molar-refractivity contribution in [3.05, 3.63) is 21.9 Å². The first-order chi connectivity index (χ1) is 8.08. The van der Waals surface area contributed by atoms with Crippen LogP contribution < -0.4 is 5.73 Å². The third kappa shape index (κ3) is 2.87. The number of nitrogens with two attached hydrogens (primary N) is 1. The number of amides is 1. The molecule has 94 valence electrons. The first-order valence-corrected chi connectivity index (χ1v) is 7.01. The average Bonchev–Trinajstić information content (AvgIpc) is 2.83. The third-order valence-corrected chi connectivity index (χ3v) is 4.26. The van der Waals surface area contributed by atoms with E-state index in [0.717, 1.165) is 19.4 Å². The number of likely N-dealkylation sites (tertiary alicyclic amines) is 1. The molecule has 1 aliphatic rings. The van der Waals surface area contributed by atoms with Gasteiger partial charge in [-0.05, 0) is 38.8 Å². The Balaban J connectivity index is 2.09. The Bertz CT molecular complexity index is 400. The summed E-state index contributed by atoms with van der Waals surface area (Å²) < 4.78 is 0. The van der Waals surface area contributed by atoms with Crippen LogP contribution in [0.25, 0.3) is 0 Å². The maximum Gasteiger partial charge on any atom is 0.224 e. The summed E-state index contributed by atoms with van der Waals surface area (Å²) >= 11 is 1.80. The summed E-state index contributed by atoms with van der Waals surface area (Å²) in [7, 11) is 0. The molecule has 0 bridgehead atoms. The van der Waals surface area contributed by atoms with Crippen molar-refractivity contribution in [1.82, 2.24) is 4.90 Å². The highest BCUT2D eigenvalue weighted by atomic mass is 32.1. The van der Waals surface area contributed by atoms with E-state index in [1.165, 1.54) is 9.75 Å². The molecule has 0 aromatic carbocycles. The van der Waals surface area contributed by atoms with Gasteiger partial charge in [0.15, 0.2) is 0 Å². The molecule has 1 aromatic rings. The van der Waals surface area contributed by atoms with Crippen LogP contribution >= 0.6 is 11.3 Å².